The van der Waals surface area contributed by atoms with E-state index in [1.165, 1.54) is 18.4 Å². The first-order valence-corrected chi connectivity index (χ1v) is 9.49. The molecular weight excluding hydrogens is 364 g/mol. The van der Waals surface area contributed by atoms with Gasteiger partial charge in [-0.3, -0.25) is 4.79 Å². The standard InChI is InChI=1S/C20H22N2O4S/c1-3-4-11-26-20(24)22-16(12-19(23)25-2)18-10-9-17(27-18)15-7-5-14(13-21)6-8-15/h5-10,16H,3-4,11-12H2,1-2H3,(H,22,24). The van der Waals surface area contributed by atoms with Crippen LogP contribution in [0.1, 0.15) is 42.7 Å². The summed E-state index contributed by atoms with van der Waals surface area (Å²) in [6.07, 6.45) is 1.19. The summed E-state index contributed by atoms with van der Waals surface area (Å²) in [5, 5.41) is 11.6. The first kappa shape index (κ1) is 20.5. The number of amides is 1. The quantitative estimate of drug-likeness (QED) is 0.536. The van der Waals surface area contributed by atoms with Crippen molar-refractivity contribution in [1.82, 2.24) is 5.32 Å². The van der Waals surface area contributed by atoms with Crippen molar-refractivity contribution in [3.8, 4) is 16.5 Å². The van der Waals surface area contributed by atoms with Crippen molar-refractivity contribution >= 4 is 23.4 Å². The molecule has 0 spiro atoms. The molecule has 142 valence electrons. The molecule has 1 heterocycles. The van der Waals surface area contributed by atoms with E-state index < -0.39 is 18.1 Å². The lowest BCUT2D eigenvalue weighted by Crippen LogP contribution is -2.30. The number of methoxy groups -OCH3 is 1. The van der Waals surface area contributed by atoms with E-state index >= 15 is 0 Å². The average molecular weight is 386 g/mol. The fourth-order valence-electron chi connectivity index (χ4n) is 2.37. The molecule has 0 aliphatic rings. The predicted octanol–water partition coefficient (Wildman–Crippen LogP) is 4.42. The lowest BCUT2D eigenvalue weighted by atomic mass is 10.1. The zero-order chi connectivity index (χ0) is 19.6. The number of rotatable bonds is 8. The predicted molar refractivity (Wildman–Crippen MR) is 103 cm³/mol. The van der Waals surface area contributed by atoms with Crippen LogP contribution >= 0.6 is 11.3 Å². The SMILES string of the molecule is CCCCOC(=O)NC(CC(=O)OC)c1ccc(-c2ccc(C#N)cc2)s1. The van der Waals surface area contributed by atoms with Gasteiger partial charge in [-0.1, -0.05) is 25.5 Å². The Labute approximate surface area is 162 Å². The molecule has 0 fully saturated rings. The van der Waals surface area contributed by atoms with Crippen molar-refractivity contribution < 1.29 is 19.1 Å². The van der Waals surface area contributed by atoms with E-state index in [0.717, 1.165) is 28.2 Å². The van der Waals surface area contributed by atoms with Gasteiger partial charge in [0.05, 0.1) is 37.8 Å². The number of nitriles is 1. The Bertz CT molecular complexity index is 808. The van der Waals surface area contributed by atoms with Gasteiger partial charge in [0.25, 0.3) is 0 Å². The highest BCUT2D eigenvalue weighted by Crippen LogP contribution is 2.33. The van der Waals surface area contributed by atoms with Crippen LogP contribution in [0.4, 0.5) is 4.79 Å². The van der Waals surface area contributed by atoms with Crippen LogP contribution in [0, 0.1) is 11.3 Å². The van der Waals surface area contributed by atoms with Gasteiger partial charge in [-0.15, -0.1) is 11.3 Å². The molecule has 7 heteroatoms. The van der Waals surface area contributed by atoms with E-state index in [1.807, 2.05) is 31.2 Å². The normalized spacial score (nSPS) is 11.3. The second kappa shape index (κ2) is 10.3. The van der Waals surface area contributed by atoms with E-state index in [2.05, 4.69) is 11.4 Å². The lowest BCUT2D eigenvalue weighted by Gasteiger charge is -2.16. The summed E-state index contributed by atoms with van der Waals surface area (Å²) in [6, 6.07) is 12.6. The van der Waals surface area contributed by atoms with Crippen LogP contribution in [-0.2, 0) is 14.3 Å². The van der Waals surface area contributed by atoms with Gasteiger partial charge in [-0.2, -0.15) is 5.26 Å². The van der Waals surface area contributed by atoms with Crippen LogP contribution in [0.15, 0.2) is 36.4 Å². The van der Waals surface area contributed by atoms with E-state index in [4.69, 9.17) is 14.7 Å². The smallest absolute Gasteiger partial charge is 0.407 e. The number of carbonyl (C=O) groups is 2. The Morgan fingerprint density at radius 1 is 1.22 bits per heavy atom. The summed E-state index contributed by atoms with van der Waals surface area (Å²) in [6.45, 7) is 2.35. The van der Waals surface area contributed by atoms with Crippen molar-refractivity contribution in [3.63, 3.8) is 0 Å². The van der Waals surface area contributed by atoms with Gasteiger partial charge >= 0.3 is 12.1 Å². The number of nitrogens with one attached hydrogen (secondary N) is 1. The second-order valence-electron chi connectivity index (χ2n) is 5.86. The Balaban J connectivity index is 2.14. The van der Waals surface area contributed by atoms with E-state index in [1.54, 1.807) is 12.1 Å². The first-order chi connectivity index (χ1) is 13.1. The molecule has 0 saturated carbocycles. The second-order valence-corrected chi connectivity index (χ2v) is 6.97. The number of benzene rings is 1. The largest absolute Gasteiger partial charge is 0.469 e. The zero-order valence-corrected chi connectivity index (χ0v) is 16.2. The maximum Gasteiger partial charge on any atom is 0.407 e. The number of ether oxygens (including phenoxy) is 2. The fraction of sp³-hybridized carbons (Fsp3) is 0.350. The van der Waals surface area contributed by atoms with Crippen LogP contribution < -0.4 is 5.32 Å². The highest BCUT2D eigenvalue weighted by Gasteiger charge is 2.21. The molecule has 1 unspecified atom stereocenters. The number of thiophene rings is 1. The van der Waals surface area contributed by atoms with Gasteiger partial charge in [-0.25, -0.2) is 4.79 Å². The third kappa shape index (κ3) is 6.12. The maximum absolute atomic E-state index is 12.0. The summed E-state index contributed by atoms with van der Waals surface area (Å²) in [7, 11) is 1.32. The summed E-state index contributed by atoms with van der Waals surface area (Å²) in [4.78, 5) is 25.6. The van der Waals surface area contributed by atoms with Gasteiger partial charge in [-0.05, 0) is 36.2 Å². The molecule has 0 bridgehead atoms. The van der Waals surface area contributed by atoms with Gasteiger partial charge in [0.2, 0.25) is 0 Å². The summed E-state index contributed by atoms with van der Waals surface area (Å²) < 4.78 is 9.88. The number of unbranched alkanes of at least 4 members (excludes halogenated alkanes) is 1. The van der Waals surface area contributed by atoms with Crippen molar-refractivity contribution in [2.24, 2.45) is 0 Å². The first-order valence-electron chi connectivity index (χ1n) is 8.67. The van der Waals surface area contributed by atoms with E-state index in [9.17, 15) is 9.59 Å². The Hall–Kier alpha value is -2.85. The molecule has 1 N–H and O–H groups in total. The highest BCUT2D eigenvalue weighted by molar-refractivity contribution is 7.15. The summed E-state index contributed by atoms with van der Waals surface area (Å²) in [5.74, 6) is -0.415. The minimum Gasteiger partial charge on any atom is -0.469 e. The van der Waals surface area contributed by atoms with Gasteiger partial charge in [0, 0.05) is 9.75 Å². The van der Waals surface area contributed by atoms with Gasteiger partial charge in [0.15, 0.2) is 0 Å². The fourth-order valence-corrected chi connectivity index (χ4v) is 3.43. The minimum absolute atomic E-state index is 0.0205. The molecule has 27 heavy (non-hydrogen) atoms. The third-order valence-corrected chi connectivity index (χ3v) is 5.14. The Morgan fingerprint density at radius 3 is 2.59 bits per heavy atom. The Kier molecular flexibility index (Phi) is 7.83. The monoisotopic (exact) mass is 386 g/mol. The third-order valence-electron chi connectivity index (χ3n) is 3.89. The summed E-state index contributed by atoms with van der Waals surface area (Å²) >= 11 is 1.47. The molecule has 1 atom stereocenters. The molecule has 0 radical (unpaired) electrons. The number of esters is 1. The number of carbonyl (C=O) groups excluding carboxylic acids is 2. The number of nitrogens with zero attached hydrogens (tertiary/aromatic N) is 1. The van der Waals surface area contributed by atoms with Crippen LogP contribution in [-0.4, -0.2) is 25.8 Å². The number of hydrogen-bond acceptors (Lipinski definition) is 6. The molecule has 0 saturated heterocycles. The van der Waals surface area contributed by atoms with Crippen molar-refractivity contribution in [1.29, 1.82) is 5.26 Å². The number of hydrogen-bond donors (Lipinski definition) is 1. The minimum atomic E-state index is -0.550. The number of alkyl carbamates (subject to hydrolysis) is 1. The highest BCUT2D eigenvalue weighted by atomic mass is 32.1. The molecular formula is C20H22N2O4S. The van der Waals surface area contributed by atoms with Crippen molar-refractivity contribution in [3.05, 3.63) is 46.8 Å². The molecule has 1 aromatic heterocycles. The van der Waals surface area contributed by atoms with Crippen molar-refractivity contribution in [2.75, 3.05) is 13.7 Å². The van der Waals surface area contributed by atoms with E-state index in [-0.39, 0.29) is 6.42 Å². The van der Waals surface area contributed by atoms with Crippen LogP contribution in [0.3, 0.4) is 0 Å². The molecule has 0 aliphatic carbocycles. The van der Waals surface area contributed by atoms with Crippen molar-refractivity contribution in [2.45, 2.75) is 32.2 Å². The Morgan fingerprint density at radius 2 is 1.96 bits per heavy atom. The molecule has 0 aliphatic heterocycles. The van der Waals surface area contributed by atoms with E-state index in [0.29, 0.717) is 12.2 Å². The van der Waals surface area contributed by atoms with Gasteiger partial charge in [0.1, 0.15) is 0 Å². The molecule has 2 rings (SSSR count). The zero-order valence-electron chi connectivity index (χ0n) is 15.4. The topological polar surface area (TPSA) is 88.4 Å². The average Bonchev–Trinajstić information content (AvgIpc) is 3.17. The molecule has 1 aromatic carbocycles. The lowest BCUT2D eigenvalue weighted by molar-refractivity contribution is -0.141. The maximum atomic E-state index is 12.0. The van der Waals surface area contributed by atoms with Crippen LogP contribution in [0.5, 0.6) is 0 Å². The van der Waals surface area contributed by atoms with Crippen LogP contribution in [0.25, 0.3) is 10.4 Å². The van der Waals surface area contributed by atoms with Crippen LogP contribution in [0.2, 0.25) is 0 Å². The molecule has 6 nitrogen and oxygen atoms in total. The summed E-state index contributed by atoms with van der Waals surface area (Å²) in [5.41, 5.74) is 1.56. The van der Waals surface area contributed by atoms with Gasteiger partial charge < -0.3 is 14.8 Å². The molecule has 2 aromatic rings. The molecule has 1 amide bonds.